The first-order valence-corrected chi connectivity index (χ1v) is 5.51. The molecule has 0 amide bonds. The Morgan fingerprint density at radius 1 is 1.69 bits per heavy atom. The molecule has 0 aromatic carbocycles. The molecular formula is C9H12ClNOS. The molecule has 13 heavy (non-hydrogen) atoms. The second-order valence-corrected chi connectivity index (χ2v) is 4.08. The first-order valence-electron chi connectivity index (χ1n) is 4.15. The summed E-state index contributed by atoms with van der Waals surface area (Å²) >= 11 is 7.37. The van der Waals surface area contributed by atoms with E-state index in [-0.39, 0.29) is 6.10 Å². The maximum Gasteiger partial charge on any atom is 0.115 e. The van der Waals surface area contributed by atoms with Crippen LogP contribution in [-0.4, -0.2) is 21.9 Å². The van der Waals surface area contributed by atoms with Gasteiger partial charge in [0.15, 0.2) is 0 Å². The van der Waals surface area contributed by atoms with E-state index < -0.39 is 0 Å². The van der Waals surface area contributed by atoms with E-state index in [0.29, 0.717) is 10.8 Å². The Kier molecular flexibility index (Phi) is 4.56. The molecule has 0 radical (unpaired) electrons. The van der Waals surface area contributed by atoms with Crippen molar-refractivity contribution in [3.05, 3.63) is 23.4 Å². The molecular weight excluding hydrogens is 206 g/mol. The minimum Gasteiger partial charge on any atom is -0.392 e. The number of aliphatic hydroxyl groups is 1. The third-order valence-electron chi connectivity index (χ3n) is 1.61. The summed E-state index contributed by atoms with van der Waals surface area (Å²) in [5.74, 6) is 0.646. The van der Waals surface area contributed by atoms with E-state index in [1.165, 1.54) is 11.8 Å². The summed E-state index contributed by atoms with van der Waals surface area (Å²) in [4.78, 5) is 4.10. The molecule has 4 heteroatoms. The van der Waals surface area contributed by atoms with E-state index >= 15 is 0 Å². The van der Waals surface area contributed by atoms with Crippen LogP contribution in [0.15, 0.2) is 23.4 Å². The molecule has 0 aliphatic heterocycles. The highest BCUT2D eigenvalue weighted by atomic mass is 35.5. The predicted octanol–water partition coefficient (Wildman–Crippen LogP) is 2.60. The van der Waals surface area contributed by atoms with E-state index in [1.54, 1.807) is 18.3 Å². The lowest BCUT2D eigenvalue weighted by molar-refractivity contribution is 0.195. The predicted molar refractivity (Wildman–Crippen MR) is 56.3 cm³/mol. The van der Waals surface area contributed by atoms with Crippen molar-refractivity contribution in [2.75, 3.05) is 5.75 Å². The number of thioether (sulfide) groups is 1. The summed E-state index contributed by atoms with van der Waals surface area (Å²) in [5, 5.41) is 10.8. The second kappa shape index (κ2) is 5.47. The molecule has 0 fully saturated rings. The molecule has 1 aromatic heterocycles. The van der Waals surface area contributed by atoms with Gasteiger partial charge in [-0.2, -0.15) is 0 Å². The number of nitrogens with zero attached hydrogens (tertiary/aromatic N) is 1. The van der Waals surface area contributed by atoms with Crippen LogP contribution in [0.25, 0.3) is 0 Å². The summed E-state index contributed by atoms with van der Waals surface area (Å²) in [5.41, 5.74) is 0. The maximum atomic E-state index is 9.32. The number of rotatable bonds is 4. The fourth-order valence-electron chi connectivity index (χ4n) is 0.770. The van der Waals surface area contributed by atoms with Crippen molar-refractivity contribution in [1.29, 1.82) is 0 Å². The first-order chi connectivity index (χ1) is 6.24. The monoisotopic (exact) mass is 217 g/mol. The molecule has 72 valence electrons. The lowest BCUT2D eigenvalue weighted by atomic mass is 10.3. The Bertz CT molecular complexity index is 270. The number of halogens is 1. The molecule has 1 N–H and O–H groups in total. The molecule has 1 heterocycles. The SMILES string of the molecule is CCC(O)CSc1ncccc1Cl. The summed E-state index contributed by atoms with van der Waals surface area (Å²) in [7, 11) is 0. The van der Waals surface area contributed by atoms with Gasteiger partial charge in [-0.15, -0.1) is 11.8 Å². The Morgan fingerprint density at radius 2 is 2.46 bits per heavy atom. The third kappa shape index (κ3) is 3.55. The summed E-state index contributed by atoms with van der Waals surface area (Å²) in [6.07, 6.45) is 2.19. The summed E-state index contributed by atoms with van der Waals surface area (Å²) in [6.45, 7) is 1.95. The average Bonchev–Trinajstić information content (AvgIpc) is 2.16. The number of aromatic nitrogens is 1. The largest absolute Gasteiger partial charge is 0.392 e. The smallest absolute Gasteiger partial charge is 0.115 e. The van der Waals surface area contributed by atoms with Gasteiger partial charge in [0.25, 0.3) is 0 Å². The lowest BCUT2D eigenvalue weighted by Crippen LogP contribution is -2.07. The Balaban J connectivity index is 2.50. The quantitative estimate of drug-likeness (QED) is 0.788. The Hall–Kier alpha value is -0.250. The van der Waals surface area contributed by atoms with Crippen molar-refractivity contribution < 1.29 is 5.11 Å². The van der Waals surface area contributed by atoms with Crippen molar-refractivity contribution in [2.45, 2.75) is 24.5 Å². The van der Waals surface area contributed by atoms with Gasteiger partial charge < -0.3 is 5.11 Å². The molecule has 1 atom stereocenters. The lowest BCUT2D eigenvalue weighted by Gasteiger charge is -2.06. The zero-order chi connectivity index (χ0) is 9.68. The minimum atomic E-state index is -0.275. The van der Waals surface area contributed by atoms with Crippen LogP contribution in [0.2, 0.25) is 5.02 Å². The number of hydrogen-bond donors (Lipinski definition) is 1. The van der Waals surface area contributed by atoms with Gasteiger partial charge in [-0.3, -0.25) is 0 Å². The highest BCUT2D eigenvalue weighted by molar-refractivity contribution is 7.99. The molecule has 0 bridgehead atoms. The van der Waals surface area contributed by atoms with Crippen LogP contribution in [0.4, 0.5) is 0 Å². The van der Waals surface area contributed by atoms with Gasteiger partial charge in [-0.05, 0) is 18.6 Å². The summed E-state index contributed by atoms with van der Waals surface area (Å²) < 4.78 is 0. The van der Waals surface area contributed by atoms with E-state index in [2.05, 4.69) is 4.98 Å². The van der Waals surface area contributed by atoms with E-state index in [9.17, 15) is 5.11 Å². The van der Waals surface area contributed by atoms with Gasteiger partial charge in [-0.25, -0.2) is 4.98 Å². The zero-order valence-electron chi connectivity index (χ0n) is 7.40. The summed E-state index contributed by atoms with van der Waals surface area (Å²) in [6, 6.07) is 3.60. The zero-order valence-corrected chi connectivity index (χ0v) is 8.98. The van der Waals surface area contributed by atoms with Gasteiger partial charge in [-0.1, -0.05) is 18.5 Å². The van der Waals surface area contributed by atoms with Gasteiger partial charge in [0, 0.05) is 11.9 Å². The molecule has 1 aromatic rings. The van der Waals surface area contributed by atoms with Gasteiger partial charge in [0.2, 0.25) is 0 Å². The molecule has 0 aliphatic carbocycles. The molecule has 1 unspecified atom stereocenters. The third-order valence-corrected chi connectivity index (χ3v) is 3.18. The van der Waals surface area contributed by atoms with Gasteiger partial charge in [0.1, 0.15) is 5.03 Å². The Morgan fingerprint density at radius 3 is 3.08 bits per heavy atom. The average molecular weight is 218 g/mol. The normalized spacial score (nSPS) is 12.8. The molecule has 0 spiro atoms. The van der Waals surface area contributed by atoms with E-state index in [0.717, 1.165) is 11.4 Å². The van der Waals surface area contributed by atoms with Crippen molar-refractivity contribution in [3.8, 4) is 0 Å². The van der Waals surface area contributed by atoms with Crippen LogP contribution in [0.3, 0.4) is 0 Å². The molecule has 1 rings (SSSR count). The van der Waals surface area contributed by atoms with Crippen molar-refractivity contribution in [3.63, 3.8) is 0 Å². The van der Waals surface area contributed by atoms with Crippen LogP contribution in [-0.2, 0) is 0 Å². The van der Waals surface area contributed by atoms with Crippen LogP contribution < -0.4 is 0 Å². The number of aliphatic hydroxyl groups excluding tert-OH is 1. The highest BCUT2D eigenvalue weighted by Crippen LogP contribution is 2.24. The Labute approximate surface area is 87.3 Å². The van der Waals surface area contributed by atoms with Crippen LogP contribution >= 0.6 is 23.4 Å². The fourth-order valence-corrected chi connectivity index (χ4v) is 1.98. The molecule has 0 saturated heterocycles. The standard InChI is InChI=1S/C9H12ClNOS/c1-2-7(12)6-13-9-8(10)4-3-5-11-9/h3-5,7,12H,2,6H2,1H3. The second-order valence-electron chi connectivity index (χ2n) is 2.66. The van der Waals surface area contributed by atoms with E-state index in [1.807, 2.05) is 6.92 Å². The van der Waals surface area contributed by atoms with Crippen LogP contribution in [0.5, 0.6) is 0 Å². The van der Waals surface area contributed by atoms with Gasteiger partial charge >= 0.3 is 0 Å². The topological polar surface area (TPSA) is 33.1 Å². The number of pyridine rings is 1. The van der Waals surface area contributed by atoms with Crippen LogP contribution in [0, 0.1) is 0 Å². The first kappa shape index (κ1) is 10.8. The van der Waals surface area contributed by atoms with Crippen molar-refractivity contribution in [2.24, 2.45) is 0 Å². The highest BCUT2D eigenvalue weighted by Gasteiger charge is 2.05. The molecule has 0 saturated carbocycles. The van der Waals surface area contributed by atoms with Crippen molar-refractivity contribution >= 4 is 23.4 Å². The minimum absolute atomic E-state index is 0.275. The van der Waals surface area contributed by atoms with E-state index in [4.69, 9.17) is 11.6 Å². The van der Waals surface area contributed by atoms with Crippen molar-refractivity contribution in [1.82, 2.24) is 4.98 Å². The number of hydrogen-bond acceptors (Lipinski definition) is 3. The molecule has 2 nitrogen and oxygen atoms in total. The van der Waals surface area contributed by atoms with Crippen LogP contribution in [0.1, 0.15) is 13.3 Å². The maximum absolute atomic E-state index is 9.32. The van der Waals surface area contributed by atoms with Gasteiger partial charge in [0.05, 0.1) is 11.1 Å². The fraction of sp³-hybridized carbons (Fsp3) is 0.444. The molecule has 0 aliphatic rings.